The van der Waals surface area contributed by atoms with Gasteiger partial charge < -0.3 is 0 Å². The molecule has 6 heteroatoms. The van der Waals surface area contributed by atoms with Crippen molar-refractivity contribution in [3.8, 4) is 0 Å². The summed E-state index contributed by atoms with van der Waals surface area (Å²) in [7, 11) is 0. The van der Waals surface area contributed by atoms with E-state index in [4.69, 9.17) is 34.8 Å². The summed E-state index contributed by atoms with van der Waals surface area (Å²) in [5.41, 5.74) is 4.38. The van der Waals surface area contributed by atoms with Crippen LogP contribution >= 0.6 is 34.8 Å². The number of aromatic nitrogens is 1. The first-order valence-electron chi connectivity index (χ1n) is 5.44. The van der Waals surface area contributed by atoms with Crippen LogP contribution in [0.4, 0.5) is 5.82 Å². The van der Waals surface area contributed by atoms with E-state index in [1.54, 1.807) is 6.07 Å². The van der Waals surface area contributed by atoms with Gasteiger partial charge in [-0.05, 0) is 19.1 Å². The number of benzene rings is 1. The van der Waals surface area contributed by atoms with Crippen LogP contribution in [-0.2, 0) is 0 Å². The van der Waals surface area contributed by atoms with E-state index in [0.29, 0.717) is 20.9 Å². The molecule has 0 fully saturated rings. The van der Waals surface area contributed by atoms with Crippen LogP contribution in [0.3, 0.4) is 0 Å². The van der Waals surface area contributed by atoms with Crippen molar-refractivity contribution in [2.45, 2.75) is 6.92 Å². The van der Waals surface area contributed by atoms with Gasteiger partial charge in [-0.2, -0.15) is 5.10 Å². The summed E-state index contributed by atoms with van der Waals surface area (Å²) < 4.78 is 0. The average molecular weight is 315 g/mol. The highest BCUT2D eigenvalue weighted by Gasteiger charge is 2.04. The Labute approximate surface area is 126 Å². The molecule has 1 heterocycles. The molecule has 0 aliphatic carbocycles. The van der Waals surface area contributed by atoms with Crippen molar-refractivity contribution in [1.29, 1.82) is 0 Å². The Balaban J connectivity index is 2.21. The minimum Gasteiger partial charge on any atom is -0.260 e. The number of pyridine rings is 1. The molecule has 0 aliphatic rings. The Hall–Kier alpha value is -1.29. The van der Waals surface area contributed by atoms with Gasteiger partial charge in [-0.3, -0.25) is 5.43 Å². The molecule has 1 N–H and O–H groups in total. The lowest BCUT2D eigenvalue weighted by atomic mass is 10.1. The lowest BCUT2D eigenvalue weighted by Gasteiger charge is -2.06. The second-order valence-electron chi connectivity index (χ2n) is 3.77. The first-order chi connectivity index (χ1) is 9.08. The van der Waals surface area contributed by atoms with E-state index in [0.717, 1.165) is 11.3 Å². The van der Waals surface area contributed by atoms with Gasteiger partial charge in [0, 0.05) is 16.8 Å². The Morgan fingerprint density at radius 2 is 1.89 bits per heavy atom. The van der Waals surface area contributed by atoms with Crippen molar-refractivity contribution in [1.82, 2.24) is 4.98 Å². The van der Waals surface area contributed by atoms with E-state index >= 15 is 0 Å². The molecular weight excluding hydrogens is 305 g/mol. The normalized spacial score (nSPS) is 11.5. The number of hydrazone groups is 1. The Bertz CT molecular complexity index is 626. The van der Waals surface area contributed by atoms with Crippen molar-refractivity contribution >= 4 is 46.3 Å². The van der Waals surface area contributed by atoms with Crippen molar-refractivity contribution in [2.75, 3.05) is 5.43 Å². The third-order valence-corrected chi connectivity index (χ3v) is 3.23. The van der Waals surface area contributed by atoms with Crippen LogP contribution in [0.2, 0.25) is 15.1 Å². The molecule has 0 saturated heterocycles. The molecule has 0 atom stereocenters. The van der Waals surface area contributed by atoms with Gasteiger partial charge >= 0.3 is 0 Å². The molecule has 1 aromatic carbocycles. The number of nitrogens with one attached hydrogen (secondary N) is 1. The molecule has 2 rings (SSSR count). The quantitative estimate of drug-likeness (QED) is 0.647. The Kier molecular flexibility index (Phi) is 4.64. The third kappa shape index (κ3) is 3.60. The summed E-state index contributed by atoms with van der Waals surface area (Å²) in [6.07, 6.45) is 1.50. The molecule has 0 saturated carbocycles. The lowest BCUT2D eigenvalue weighted by Crippen LogP contribution is -2.01. The van der Waals surface area contributed by atoms with Gasteiger partial charge in [0.05, 0.1) is 15.8 Å². The van der Waals surface area contributed by atoms with Gasteiger partial charge in [-0.25, -0.2) is 4.98 Å². The van der Waals surface area contributed by atoms with Crippen LogP contribution in [-0.4, -0.2) is 10.7 Å². The minimum atomic E-state index is 0.406. The molecule has 0 bridgehead atoms. The van der Waals surface area contributed by atoms with Crippen LogP contribution in [0.25, 0.3) is 0 Å². The lowest BCUT2D eigenvalue weighted by molar-refractivity contribution is 1.22. The van der Waals surface area contributed by atoms with E-state index in [-0.39, 0.29) is 0 Å². The summed E-state index contributed by atoms with van der Waals surface area (Å²) in [4.78, 5) is 4.05. The zero-order chi connectivity index (χ0) is 13.8. The van der Waals surface area contributed by atoms with Gasteiger partial charge in [-0.15, -0.1) is 0 Å². The number of nitrogens with zero attached hydrogens (tertiary/aromatic N) is 2. The van der Waals surface area contributed by atoms with Crippen LogP contribution < -0.4 is 5.43 Å². The largest absolute Gasteiger partial charge is 0.260 e. The van der Waals surface area contributed by atoms with Crippen molar-refractivity contribution < 1.29 is 0 Å². The topological polar surface area (TPSA) is 37.3 Å². The maximum Gasteiger partial charge on any atom is 0.165 e. The monoisotopic (exact) mass is 313 g/mol. The molecule has 98 valence electrons. The van der Waals surface area contributed by atoms with Crippen LogP contribution in [0, 0.1) is 0 Å². The zero-order valence-electron chi connectivity index (χ0n) is 9.99. The maximum absolute atomic E-state index is 6.09. The van der Waals surface area contributed by atoms with E-state index in [1.807, 2.05) is 31.2 Å². The summed E-state index contributed by atoms with van der Waals surface area (Å²) in [6, 6.07) is 9.06. The predicted molar refractivity (Wildman–Crippen MR) is 81.5 cm³/mol. The minimum absolute atomic E-state index is 0.406. The fraction of sp³-hybridized carbons (Fsp3) is 0.0769. The molecule has 1 aromatic heterocycles. The second-order valence-corrected chi connectivity index (χ2v) is 5.02. The van der Waals surface area contributed by atoms with Crippen LogP contribution in [0.15, 0.2) is 41.6 Å². The molecule has 0 aliphatic heterocycles. The van der Waals surface area contributed by atoms with E-state index < -0.39 is 0 Å². The van der Waals surface area contributed by atoms with Gasteiger partial charge in [-0.1, -0.05) is 53.0 Å². The smallest absolute Gasteiger partial charge is 0.165 e. The fourth-order valence-electron chi connectivity index (χ4n) is 1.45. The number of hydrogen-bond acceptors (Lipinski definition) is 3. The summed E-state index contributed by atoms with van der Waals surface area (Å²) >= 11 is 17.8. The molecule has 0 spiro atoms. The van der Waals surface area contributed by atoms with Gasteiger partial charge in [0.25, 0.3) is 0 Å². The highest BCUT2D eigenvalue weighted by atomic mass is 35.5. The van der Waals surface area contributed by atoms with Gasteiger partial charge in [0.15, 0.2) is 5.82 Å². The maximum atomic E-state index is 6.09. The number of rotatable bonds is 3. The van der Waals surface area contributed by atoms with E-state index in [1.165, 1.54) is 6.20 Å². The molecule has 3 nitrogen and oxygen atoms in total. The molecule has 2 aromatic rings. The SMILES string of the molecule is C/C(=N\Nc1ncc(Cl)cc1Cl)c1ccccc1Cl. The van der Waals surface area contributed by atoms with E-state index in [9.17, 15) is 0 Å². The summed E-state index contributed by atoms with van der Waals surface area (Å²) in [6.45, 7) is 1.85. The standard InChI is InChI=1S/C13H10Cl3N3/c1-8(10-4-2-3-5-11(10)15)18-19-13-12(16)6-9(14)7-17-13/h2-7H,1H3,(H,17,19)/b18-8+. The molecule has 0 amide bonds. The van der Waals surface area contributed by atoms with E-state index in [2.05, 4.69) is 15.5 Å². The first kappa shape index (κ1) is 14.1. The first-order valence-corrected chi connectivity index (χ1v) is 6.57. The van der Waals surface area contributed by atoms with Crippen LogP contribution in [0.5, 0.6) is 0 Å². The Morgan fingerprint density at radius 1 is 1.16 bits per heavy atom. The fourth-order valence-corrected chi connectivity index (χ4v) is 2.14. The molecule has 0 radical (unpaired) electrons. The van der Waals surface area contributed by atoms with Crippen molar-refractivity contribution in [3.63, 3.8) is 0 Å². The average Bonchev–Trinajstić information content (AvgIpc) is 2.38. The van der Waals surface area contributed by atoms with Crippen molar-refractivity contribution in [3.05, 3.63) is 57.2 Å². The summed E-state index contributed by atoms with van der Waals surface area (Å²) in [5, 5.41) is 5.73. The zero-order valence-corrected chi connectivity index (χ0v) is 12.3. The highest BCUT2D eigenvalue weighted by molar-refractivity contribution is 6.36. The molecule has 0 unspecified atom stereocenters. The number of halogens is 3. The van der Waals surface area contributed by atoms with Crippen LogP contribution in [0.1, 0.15) is 12.5 Å². The number of anilines is 1. The highest BCUT2D eigenvalue weighted by Crippen LogP contribution is 2.23. The van der Waals surface area contributed by atoms with Gasteiger partial charge in [0.1, 0.15) is 0 Å². The number of hydrogen-bond donors (Lipinski definition) is 1. The molecular formula is C13H10Cl3N3. The Morgan fingerprint density at radius 3 is 2.58 bits per heavy atom. The molecule has 19 heavy (non-hydrogen) atoms. The van der Waals surface area contributed by atoms with Crippen molar-refractivity contribution in [2.24, 2.45) is 5.10 Å². The second kappa shape index (κ2) is 6.24. The third-order valence-electron chi connectivity index (χ3n) is 2.40. The predicted octanol–water partition coefficient (Wildman–Crippen LogP) is 4.88. The van der Waals surface area contributed by atoms with Gasteiger partial charge in [0.2, 0.25) is 0 Å². The summed E-state index contributed by atoms with van der Waals surface area (Å²) in [5.74, 6) is 0.442.